The molecular weight excluding hydrogens is 451 g/mol. The van der Waals surface area contributed by atoms with Crippen molar-refractivity contribution in [3.05, 3.63) is 22.4 Å². The molecule has 1 aromatic rings. The van der Waals surface area contributed by atoms with Crippen LogP contribution in [0.1, 0.15) is 36.4 Å². The number of nitrogens with one attached hydrogen (secondary N) is 3. The van der Waals surface area contributed by atoms with Crippen molar-refractivity contribution >= 4 is 47.2 Å². The number of hydrogen-bond acceptors (Lipinski definition) is 4. The molecule has 1 rings (SSSR count). The Labute approximate surface area is 172 Å². The molecule has 144 valence electrons. The third-order valence-electron chi connectivity index (χ3n) is 3.28. The second kappa shape index (κ2) is 15.4. The molecule has 6 nitrogen and oxygen atoms in total. The fourth-order valence-electron chi connectivity index (χ4n) is 1.88. The lowest BCUT2D eigenvalue weighted by atomic mass is 10.1. The lowest BCUT2D eigenvalue weighted by Gasteiger charge is -2.12. The number of nitrogens with zero attached hydrogens (tertiary/aromatic N) is 1. The minimum absolute atomic E-state index is 0. The van der Waals surface area contributed by atoms with Gasteiger partial charge in [0.15, 0.2) is 5.96 Å². The predicted molar refractivity (Wildman–Crippen MR) is 116 cm³/mol. The fourth-order valence-corrected chi connectivity index (χ4v) is 2.52. The molecule has 0 unspecified atom stereocenters. The maximum absolute atomic E-state index is 11.8. The van der Waals surface area contributed by atoms with Crippen LogP contribution in [0.4, 0.5) is 0 Å². The van der Waals surface area contributed by atoms with E-state index in [-0.39, 0.29) is 29.9 Å². The summed E-state index contributed by atoms with van der Waals surface area (Å²) in [6.07, 6.45) is 1.92. The molecule has 0 atom stereocenters. The second-order valence-electron chi connectivity index (χ2n) is 5.81. The fraction of sp³-hybridized carbons (Fsp3) is 0.647. The molecule has 0 saturated heterocycles. The van der Waals surface area contributed by atoms with Crippen molar-refractivity contribution in [1.82, 2.24) is 16.0 Å². The van der Waals surface area contributed by atoms with Crippen LogP contribution in [0.15, 0.2) is 22.5 Å². The van der Waals surface area contributed by atoms with Crippen molar-refractivity contribution in [2.24, 2.45) is 10.9 Å². The first-order valence-corrected chi connectivity index (χ1v) is 9.35. The van der Waals surface area contributed by atoms with Crippen LogP contribution in [0, 0.1) is 5.92 Å². The third kappa shape index (κ3) is 12.2. The van der Waals surface area contributed by atoms with Gasteiger partial charge in [0.1, 0.15) is 0 Å². The third-order valence-corrected chi connectivity index (χ3v) is 4.15. The Bertz CT molecular complexity index is 481. The van der Waals surface area contributed by atoms with Crippen molar-refractivity contribution in [2.45, 2.75) is 26.7 Å². The Balaban J connectivity index is 0.00000576. The van der Waals surface area contributed by atoms with Crippen LogP contribution in [0.2, 0.25) is 0 Å². The van der Waals surface area contributed by atoms with Gasteiger partial charge in [0, 0.05) is 33.3 Å². The standard InChI is InChI=1S/C17H30N4O2S.HI/c1-14(2)7-11-23-12-10-21-17(18-3)20-9-5-8-19-16(22)15-6-4-13-24-15;/h4,6,13-14H,5,7-12H2,1-3H3,(H,19,22)(H2,18,20,21);1H. The summed E-state index contributed by atoms with van der Waals surface area (Å²) in [6.45, 7) is 7.97. The Morgan fingerprint density at radius 1 is 1.20 bits per heavy atom. The molecular formula is C17H31IN4O2S. The molecule has 0 spiro atoms. The first-order chi connectivity index (χ1) is 11.6. The molecule has 0 saturated carbocycles. The van der Waals surface area contributed by atoms with E-state index in [0.29, 0.717) is 19.1 Å². The van der Waals surface area contributed by atoms with Gasteiger partial charge in [-0.3, -0.25) is 9.79 Å². The van der Waals surface area contributed by atoms with E-state index in [9.17, 15) is 4.79 Å². The van der Waals surface area contributed by atoms with Crippen molar-refractivity contribution < 1.29 is 9.53 Å². The zero-order chi connectivity index (χ0) is 17.6. The highest BCUT2D eigenvalue weighted by atomic mass is 127. The molecule has 1 heterocycles. The van der Waals surface area contributed by atoms with Crippen LogP contribution in [0.5, 0.6) is 0 Å². The van der Waals surface area contributed by atoms with Gasteiger partial charge in [0.25, 0.3) is 5.91 Å². The molecule has 0 aliphatic heterocycles. The smallest absolute Gasteiger partial charge is 0.261 e. The zero-order valence-electron chi connectivity index (χ0n) is 15.3. The van der Waals surface area contributed by atoms with Gasteiger partial charge in [-0.1, -0.05) is 19.9 Å². The molecule has 8 heteroatoms. The molecule has 0 aromatic carbocycles. The maximum Gasteiger partial charge on any atom is 0.261 e. The van der Waals surface area contributed by atoms with Crippen LogP contribution in [0.25, 0.3) is 0 Å². The van der Waals surface area contributed by atoms with Crippen molar-refractivity contribution in [2.75, 3.05) is 39.9 Å². The molecule has 3 N–H and O–H groups in total. The van der Waals surface area contributed by atoms with Gasteiger partial charge in [0.2, 0.25) is 0 Å². The van der Waals surface area contributed by atoms with E-state index in [1.54, 1.807) is 7.05 Å². The van der Waals surface area contributed by atoms with Gasteiger partial charge in [-0.25, -0.2) is 0 Å². The zero-order valence-corrected chi connectivity index (χ0v) is 18.5. The summed E-state index contributed by atoms with van der Waals surface area (Å²) in [5.41, 5.74) is 0. The van der Waals surface area contributed by atoms with E-state index in [0.717, 1.165) is 43.4 Å². The number of thiophene rings is 1. The van der Waals surface area contributed by atoms with E-state index in [2.05, 4.69) is 34.8 Å². The number of carbonyl (C=O) groups excluding carboxylic acids is 1. The van der Waals surface area contributed by atoms with Crippen molar-refractivity contribution in [1.29, 1.82) is 0 Å². The highest BCUT2D eigenvalue weighted by Gasteiger charge is 2.04. The number of amides is 1. The monoisotopic (exact) mass is 482 g/mol. The topological polar surface area (TPSA) is 74.8 Å². The van der Waals surface area contributed by atoms with Crippen molar-refractivity contribution in [3.63, 3.8) is 0 Å². The first kappa shape index (κ1) is 24.1. The number of hydrogen-bond donors (Lipinski definition) is 3. The minimum atomic E-state index is -0.00828. The molecule has 0 bridgehead atoms. The largest absolute Gasteiger partial charge is 0.380 e. The SMILES string of the molecule is CN=C(NCCCNC(=O)c1cccs1)NCCOCCC(C)C.I. The quantitative estimate of drug-likeness (QED) is 0.196. The molecule has 0 fully saturated rings. The average molecular weight is 482 g/mol. The van der Waals surface area contributed by atoms with Crippen LogP contribution < -0.4 is 16.0 Å². The number of guanidine groups is 1. The van der Waals surface area contributed by atoms with E-state index in [4.69, 9.17) is 4.74 Å². The Kier molecular flexibility index (Phi) is 14.9. The van der Waals surface area contributed by atoms with Crippen LogP contribution >= 0.6 is 35.3 Å². The summed E-state index contributed by atoms with van der Waals surface area (Å²) >= 11 is 1.45. The van der Waals surface area contributed by atoms with Crippen molar-refractivity contribution in [3.8, 4) is 0 Å². The number of carbonyl (C=O) groups is 1. The lowest BCUT2D eigenvalue weighted by Crippen LogP contribution is -2.40. The van der Waals surface area contributed by atoms with Gasteiger partial charge in [-0.2, -0.15) is 0 Å². The highest BCUT2D eigenvalue weighted by molar-refractivity contribution is 14.0. The molecule has 25 heavy (non-hydrogen) atoms. The molecule has 0 aliphatic rings. The van der Waals surface area contributed by atoms with Crippen LogP contribution in [-0.4, -0.2) is 51.8 Å². The molecule has 0 aliphatic carbocycles. The Hall–Kier alpha value is -0.870. The van der Waals surface area contributed by atoms with Gasteiger partial charge in [-0.15, -0.1) is 35.3 Å². The average Bonchev–Trinajstić information content (AvgIpc) is 3.09. The Morgan fingerprint density at radius 3 is 2.56 bits per heavy atom. The van der Waals surface area contributed by atoms with Crippen LogP contribution in [-0.2, 0) is 4.74 Å². The first-order valence-electron chi connectivity index (χ1n) is 8.47. The lowest BCUT2D eigenvalue weighted by molar-refractivity contribution is 0.0957. The van der Waals surface area contributed by atoms with Crippen LogP contribution in [0.3, 0.4) is 0 Å². The van der Waals surface area contributed by atoms with Gasteiger partial charge in [0.05, 0.1) is 11.5 Å². The summed E-state index contributed by atoms with van der Waals surface area (Å²) in [5.74, 6) is 1.42. The maximum atomic E-state index is 11.8. The summed E-state index contributed by atoms with van der Waals surface area (Å²) in [7, 11) is 1.74. The molecule has 0 radical (unpaired) electrons. The van der Waals surface area contributed by atoms with Gasteiger partial charge >= 0.3 is 0 Å². The molecule has 1 aromatic heterocycles. The summed E-state index contributed by atoms with van der Waals surface area (Å²) in [4.78, 5) is 16.7. The Morgan fingerprint density at radius 2 is 1.92 bits per heavy atom. The number of rotatable bonds is 11. The number of aliphatic imine (C=N–C) groups is 1. The minimum Gasteiger partial charge on any atom is -0.380 e. The van der Waals surface area contributed by atoms with Gasteiger partial charge in [-0.05, 0) is 30.2 Å². The second-order valence-corrected chi connectivity index (χ2v) is 6.76. The normalized spacial score (nSPS) is 11.1. The number of ether oxygens (including phenoxy) is 1. The number of halogens is 1. The summed E-state index contributed by atoms with van der Waals surface area (Å²) < 4.78 is 5.55. The summed E-state index contributed by atoms with van der Waals surface area (Å²) in [6, 6.07) is 3.70. The van der Waals surface area contributed by atoms with E-state index >= 15 is 0 Å². The molecule has 1 amide bonds. The highest BCUT2D eigenvalue weighted by Crippen LogP contribution is 2.07. The summed E-state index contributed by atoms with van der Waals surface area (Å²) in [5, 5.41) is 11.2. The van der Waals surface area contributed by atoms with Gasteiger partial charge < -0.3 is 20.7 Å². The van der Waals surface area contributed by atoms with E-state index in [1.807, 2.05) is 17.5 Å². The van der Waals surface area contributed by atoms with E-state index < -0.39 is 0 Å². The van der Waals surface area contributed by atoms with E-state index in [1.165, 1.54) is 11.3 Å². The predicted octanol–water partition coefficient (Wildman–Crippen LogP) is 2.71.